The fourth-order valence-corrected chi connectivity index (χ4v) is 2.02. The van der Waals surface area contributed by atoms with Crippen molar-refractivity contribution in [3.8, 4) is 0 Å². The predicted molar refractivity (Wildman–Crippen MR) is 63.1 cm³/mol. The SMILES string of the molecule is CC(C)(C)OC(=O)N1C[C@H](C(F)(F)F)CC[C@@H]1C(=O)O. The highest BCUT2D eigenvalue weighted by molar-refractivity contribution is 5.80. The van der Waals surface area contributed by atoms with Crippen molar-refractivity contribution in [3.05, 3.63) is 0 Å². The summed E-state index contributed by atoms with van der Waals surface area (Å²) in [6.45, 7) is 4.00. The summed E-state index contributed by atoms with van der Waals surface area (Å²) >= 11 is 0. The zero-order chi connectivity index (χ0) is 15.7. The molecule has 20 heavy (non-hydrogen) atoms. The van der Waals surface area contributed by atoms with Crippen molar-refractivity contribution in [3.63, 3.8) is 0 Å². The fourth-order valence-electron chi connectivity index (χ4n) is 2.02. The van der Waals surface area contributed by atoms with Crippen LogP contribution in [0.15, 0.2) is 0 Å². The zero-order valence-electron chi connectivity index (χ0n) is 11.5. The number of aliphatic carboxylic acids is 1. The van der Waals surface area contributed by atoms with Crippen LogP contribution in [0.5, 0.6) is 0 Å². The van der Waals surface area contributed by atoms with Crippen LogP contribution in [0, 0.1) is 5.92 Å². The van der Waals surface area contributed by atoms with Gasteiger partial charge in [-0.05, 0) is 33.6 Å². The first kappa shape index (κ1) is 16.6. The van der Waals surface area contributed by atoms with Gasteiger partial charge in [0.2, 0.25) is 0 Å². The Kier molecular flexibility index (Phi) is 4.55. The van der Waals surface area contributed by atoms with Gasteiger partial charge in [0.05, 0.1) is 5.92 Å². The Balaban J connectivity index is 2.89. The summed E-state index contributed by atoms with van der Waals surface area (Å²) in [5.41, 5.74) is -0.898. The molecule has 1 saturated heterocycles. The average Bonchev–Trinajstić information content (AvgIpc) is 2.24. The second-order valence-electron chi connectivity index (χ2n) is 5.80. The molecule has 2 atom stereocenters. The molecule has 1 N–H and O–H groups in total. The van der Waals surface area contributed by atoms with Crippen LogP contribution in [0.1, 0.15) is 33.6 Å². The number of carboxylic acids is 1. The molecule has 0 aromatic rings. The summed E-state index contributed by atoms with van der Waals surface area (Å²) in [4.78, 5) is 23.6. The highest BCUT2D eigenvalue weighted by atomic mass is 19.4. The van der Waals surface area contributed by atoms with Crippen molar-refractivity contribution in [1.82, 2.24) is 4.90 Å². The molecule has 0 unspecified atom stereocenters. The van der Waals surface area contributed by atoms with Gasteiger partial charge in [0.25, 0.3) is 0 Å². The lowest BCUT2D eigenvalue weighted by molar-refractivity contribution is -0.191. The molecule has 1 fully saturated rings. The maximum Gasteiger partial charge on any atom is 0.411 e. The summed E-state index contributed by atoms with van der Waals surface area (Å²) in [6, 6.07) is -1.27. The molecule has 0 aromatic heterocycles. The highest BCUT2D eigenvalue weighted by Gasteiger charge is 2.47. The number of hydrogen-bond donors (Lipinski definition) is 1. The monoisotopic (exact) mass is 297 g/mol. The quantitative estimate of drug-likeness (QED) is 0.808. The van der Waals surface area contributed by atoms with Gasteiger partial charge in [-0.2, -0.15) is 13.2 Å². The molecule has 116 valence electrons. The Labute approximate surface area is 114 Å². The number of amides is 1. The maximum absolute atomic E-state index is 12.7. The van der Waals surface area contributed by atoms with Crippen LogP contribution < -0.4 is 0 Å². The third-order valence-corrected chi connectivity index (χ3v) is 2.96. The molecule has 0 bridgehead atoms. The maximum atomic E-state index is 12.7. The number of carbonyl (C=O) groups is 2. The molecule has 1 rings (SSSR count). The van der Waals surface area contributed by atoms with Crippen LogP contribution in [0.2, 0.25) is 0 Å². The van der Waals surface area contributed by atoms with Crippen molar-refractivity contribution in [2.75, 3.05) is 6.54 Å². The second kappa shape index (κ2) is 5.49. The Morgan fingerprint density at radius 2 is 1.75 bits per heavy atom. The molecule has 0 aliphatic carbocycles. The van der Waals surface area contributed by atoms with Crippen LogP contribution >= 0.6 is 0 Å². The number of likely N-dealkylation sites (tertiary alicyclic amines) is 1. The molecule has 0 radical (unpaired) electrons. The minimum Gasteiger partial charge on any atom is -0.480 e. The van der Waals surface area contributed by atoms with E-state index in [4.69, 9.17) is 9.84 Å². The van der Waals surface area contributed by atoms with Gasteiger partial charge in [-0.25, -0.2) is 9.59 Å². The Morgan fingerprint density at radius 3 is 2.15 bits per heavy atom. The first-order valence-electron chi connectivity index (χ1n) is 6.21. The number of nitrogens with zero attached hydrogens (tertiary/aromatic N) is 1. The number of alkyl halides is 3. The van der Waals surface area contributed by atoms with Gasteiger partial charge in [-0.15, -0.1) is 0 Å². The second-order valence-corrected chi connectivity index (χ2v) is 5.80. The van der Waals surface area contributed by atoms with E-state index in [2.05, 4.69) is 0 Å². The van der Waals surface area contributed by atoms with Gasteiger partial charge in [-0.1, -0.05) is 0 Å². The minimum atomic E-state index is -4.45. The normalized spacial score (nSPS) is 24.4. The number of carbonyl (C=O) groups excluding carboxylic acids is 1. The van der Waals surface area contributed by atoms with Crippen LogP contribution in [0.25, 0.3) is 0 Å². The summed E-state index contributed by atoms with van der Waals surface area (Å²) in [5.74, 6) is -3.04. The van der Waals surface area contributed by atoms with E-state index >= 15 is 0 Å². The molecular weight excluding hydrogens is 279 g/mol. The third kappa shape index (κ3) is 4.28. The van der Waals surface area contributed by atoms with E-state index in [1.165, 1.54) is 0 Å². The van der Waals surface area contributed by atoms with E-state index in [1.807, 2.05) is 0 Å². The molecule has 1 heterocycles. The van der Waals surface area contributed by atoms with Crippen molar-refractivity contribution in [2.45, 2.75) is 51.4 Å². The van der Waals surface area contributed by atoms with E-state index in [9.17, 15) is 22.8 Å². The standard InChI is InChI=1S/C12H18F3NO4/c1-11(2,3)20-10(19)16-6-7(12(13,14)15)4-5-8(16)9(17)18/h7-8H,4-6H2,1-3H3,(H,17,18)/t7-,8-/m1/s1. The lowest BCUT2D eigenvalue weighted by Crippen LogP contribution is -2.54. The molecule has 0 spiro atoms. The van der Waals surface area contributed by atoms with Gasteiger partial charge < -0.3 is 9.84 Å². The first-order valence-corrected chi connectivity index (χ1v) is 6.21. The van der Waals surface area contributed by atoms with E-state index in [0.717, 1.165) is 0 Å². The molecule has 1 amide bonds. The Bertz CT molecular complexity index is 389. The van der Waals surface area contributed by atoms with Crippen molar-refractivity contribution < 1.29 is 32.6 Å². The van der Waals surface area contributed by atoms with Crippen molar-refractivity contribution in [2.24, 2.45) is 5.92 Å². The van der Waals surface area contributed by atoms with E-state index in [0.29, 0.717) is 4.90 Å². The molecular formula is C12H18F3NO4. The first-order chi connectivity index (χ1) is 8.92. The number of hydrogen-bond acceptors (Lipinski definition) is 3. The largest absolute Gasteiger partial charge is 0.480 e. The zero-order valence-corrected chi connectivity index (χ0v) is 11.5. The molecule has 1 aliphatic heterocycles. The van der Waals surface area contributed by atoms with Crippen LogP contribution in [-0.4, -0.2) is 46.4 Å². The predicted octanol–water partition coefficient (Wildman–Crippen LogP) is 2.65. The number of halogens is 3. The Morgan fingerprint density at radius 1 is 1.20 bits per heavy atom. The third-order valence-electron chi connectivity index (χ3n) is 2.96. The summed E-state index contributed by atoms with van der Waals surface area (Å²) in [7, 11) is 0. The van der Waals surface area contributed by atoms with E-state index < -0.39 is 42.3 Å². The van der Waals surface area contributed by atoms with Crippen LogP contribution in [0.4, 0.5) is 18.0 Å². The van der Waals surface area contributed by atoms with E-state index in [1.54, 1.807) is 20.8 Å². The van der Waals surface area contributed by atoms with Gasteiger partial charge in [0, 0.05) is 6.54 Å². The molecule has 0 aromatic carbocycles. The van der Waals surface area contributed by atoms with Crippen molar-refractivity contribution >= 4 is 12.1 Å². The smallest absolute Gasteiger partial charge is 0.411 e. The van der Waals surface area contributed by atoms with Gasteiger partial charge in [0.1, 0.15) is 11.6 Å². The average molecular weight is 297 g/mol. The number of piperidine rings is 1. The number of rotatable bonds is 1. The lowest BCUT2D eigenvalue weighted by atomic mass is 9.92. The molecule has 8 heteroatoms. The van der Waals surface area contributed by atoms with Crippen LogP contribution in [-0.2, 0) is 9.53 Å². The van der Waals surface area contributed by atoms with Gasteiger partial charge in [0.15, 0.2) is 0 Å². The van der Waals surface area contributed by atoms with Gasteiger partial charge in [-0.3, -0.25) is 4.90 Å². The summed E-state index contributed by atoms with van der Waals surface area (Å²) in [5, 5.41) is 9.01. The number of carboxylic acid groups (broad SMARTS) is 1. The summed E-state index contributed by atoms with van der Waals surface area (Å²) in [6.07, 6.45) is -6.03. The topological polar surface area (TPSA) is 66.8 Å². The lowest BCUT2D eigenvalue weighted by Gasteiger charge is -2.38. The summed E-state index contributed by atoms with van der Waals surface area (Å²) < 4.78 is 43.1. The number of ether oxygens (including phenoxy) is 1. The van der Waals surface area contributed by atoms with Gasteiger partial charge >= 0.3 is 18.2 Å². The molecule has 5 nitrogen and oxygen atoms in total. The van der Waals surface area contributed by atoms with Crippen LogP contribution in [0.3, 0.4) is 0 Å². The fraction of sp³-hybridized carbons (Fsp3) is 0.833. The highest BCUT2D eigenvalue weighted by Crippen LogP contribution is 2.35. The molecule has 0 saturated carbocycles. The Hall–Kier alpha value is -1.47. The van der Waals surface area contributed by atoms with Crippen molar-refractivity contribution in [1.29, 1.82) is 0 Å². The molecule has 1 aliphatic rings. The van der Waals surface area contributed by atoms with E-state index in [-0.39, 0.29) is 12.8 Å². The minimum absolute atomic E-state index is 0.237.